The van der Waals surface area contributed by atoms with E-state index in [2.05, 4.69) is 48.0 Å². The molecule has 0 aromatic heterocycles. The van der Waals surface area contributed by atoms with E-state index in [0.717, 1.165) is 29.1 Å². The summed E-state index contributed by atoms with van der Waals surface area (Å²) in [4.78, 5) is 40.0. The Bertz CT molecular complexity index is 1100. The zero-order valence-corrected chi connectivity index (χ0v) is 19.2. The topological polar surface area (TPSA) is 102 Å². The number of likely N-dealkylation sites (N-methyl/N-ethyl adjacent to an activating group) is 2. The highest BCUT2D eigenvalue weighted by atomic mass is 16.5. The molecule has 8 nitrogen and oxygen atoms in total. The van der Waals surface area contributed by atoms with Crippen molar-refractivity contribution in [2.45, 2.75) is 32.5 Å². The van der Waals surface area contributed by atoms with E-state index in [1.807, 2.05) is 6.07 Å². The lowest BCUT2D eigenvalue weighted by atomic mass is 10.0. The van der Waals surface area contributed by atoms with Crippen molar-refractivity contribution in [3.63, 3.8) is 0 Å². The van der Waals surface area contributed by atoms with E-state index in [1.165, 1.54) is 30.7 Å². The van der Waals surface area contributed by atoms with Gasteiger partial charge in [-0.25, -0.2) is 5.48 Å². The maximum Gasteiger partial charge on any atom is 0.275 e. The molecule has 1 unspecified atom stereocenters. The first-order valence-electron chi connectivity index (χ1n) is 10.7. The third-order valence-electron chi connectivity index (χ3n) is 5.96. The Hall–Kier alpha value is -3.67. The van der Waals surface area contributed by atoms with E-state index in [1.54, 1.807) is 24.3 Å². The second kappa shape index (κ2) is 10.3. The fourth-order valence-electron chi connectivity index (χ4n) is 4.00. The Labute approximate surface area is 193 Å². The highest BCUT2D eigenvalue weighted by Gasteiger charge is 2.33. The Morgan fingerprint density at radius 2 is 1.76 bits per heavy atom. The van der Waals surface area contributed by atoms with Gasteiger partial charge in [-0.05, 0) is 61.0 Å². The third kappa shape index (κ3) is 5.06. The quantitative estimate of drug-likeness (QED) is 0.280. The first-order valence-corrected chi connectivity index (χ1v) is 10.7. The monoisotopic (exact) mass is 448 g/mol. The van der Waals surface area contributed by atoms with Gasteiger partial charge < -0.3 is 10.2 Å². The molecule has 0 spiro atoms. The Balaban J connectivity index is 1.74. The van der Waals surface area contributed by atoms with Crippen LogP contribution in [0.4, 0.5) is 0 Å². The maximum absolute atomic E-state index is 12.7. The van der Waals surface area contributed by atoms with E-state index in [9.17, 15) is 14.4 Å². The number of carbonyl (C=O) groups excluding carboxylic acids is 3. The molecule has 1 aliphatic heterocycles. The molecule has 0 radical (unpaired) electrons. The minimum atomic E-state index is -1.50. The molecule has 3 N–H and O–H groups in total. The smallest absolute Gasteiger partial charge is 0.275 e. The Kier molecular flexibility index (Phi) is 7.48. The van der Waals surface area contributed by atoms with Crippen molar-refractivity contribution >= 4 is 17.7 Å². The Morgan fingerprint density at radius 1 is 1.12 bits per heavy atom. The molecular formula is C25H28N4O4. The van der Waals surface area contributed by atoms with Crippen molar-refractivity contribution in [3.05, 3.63) is 70.3 Å². The average Bonchev–Trinajstić information content (AvgIpc) is 3.17. The van der Waals surface area contributed by atoms with E-state index >= 15 is 0 Å². The predicted octanol–water partition coefficient (Wildman–Crippen LogP) is 1.67. The van der Waals surface area contributed by atoms with Crippen LogP contribution in [0.25, 0.3) is 0 Å². The summed E-state index contributed by atoms with van der Waals surface area (Å²) < 4.78 is 0. The van der Waals surface area contributed by atoms with Gasteiger partial charge >= 0.3 is 0 Å². The van der Waals surface area contributed by atoms with Gasteiger partial charge in [0.2, 0.25) is 0 Å². The van der Waals surface area contributed by atoms with Crippen LogP contribution in [0.1, 0.15) is 52.5 Å². The molecule has 3 rings (SSSR count). The number of rotatable bonds is 5. The van der Waals surface area contributed by atoms with Crippen molar-refractivity contribution in [1.82, 2.24) is 20.6 Å². The van der Waals surface area contributed by atoms with Gasteiger partial charge in [0.25, 0.3) is 17.7 Å². The van der Waals surface area contributed by atoms with Crippen LogP contribution in [-0.2, 0) is 16.1 Å². The lowest BCUT2D eigenvalue weighted by Crippen LogP contribution is -2.54. The predicted molar refractivity (Wildman–Crippen MR) is 123 cm³/mol. The van der Waals surface area contributed by atoms with Crippen LogP contribution in [-0.4, -0.2) is 59.4 Å². The van der Waals surface area contributed by atoms with E-state index in [0.29, 0.717) is 6.04 Å². The molecule has 33 heavy (non-hydrogen) atoms. The number of hydrogen-bond acceptors (Lipinski definition) is 5. The molecule has 3 amide bonds. The molecule has 0 saturated carbocycles. The largest absolute Gasteiger partial charge is 0.357 e. The van der Waals surface area contributed by atoms with Crippen LogP contribution in [0.5, 0.6) is 0 Å². The summed E-state index contributed by atoms with van der Waals surface area (Å²) in [5, 5.41) is 11.2. The van der Waals surface area contributed by atoms with E-state index < -0.39 is 23.8 Å². The maximum atomic E-state index is 12.7. The van der Waals surface area contributed by atoms with Crippen molar-refractivity contribution in [2.75, 3.05) is 20.6 Å². The molecule has 2 aromatic carbocycles. The number of amides is 3. The van der Waals surface area contributed by atoms with E-state index in [-0.39, 0.29) is 5.56 Å². The molecule has 172 valence electrons. The molecular weight excluding hydrogens is 420 g/mol. The Morgan fingerprint density at radius 3 is 2.36 bits per heavy atom. The van der Waals surface area contributed by atoms with Gasteiger partial charge in [-0.3, -0.25) is 24.5 Å². The summed E-state index contributed by atoms with van der Waals surface area (Å²) >= 11 is 0. The molecule has 0 bridgehead atoms. The summed E-state index contributed by atoms with van der Waals surface area (Å²) in [6.07, 6.45) is 0. The molecule has 0 aliphatic carbocycles. The minimum absolute atomic E-state index is 0.286. The number of hydrogen-bond donors (Lipinski definition) is 3. The van der Waals surface area contributed by atoms with Gasteiger partial charge in [0.1, 0.15) is 0 Å². The van der Waals surface area contributed by atoms with Crippen molar-refractivity contribution in [1.29, 1.82) is 0 Å². The zero-order chi connectivity index (χ0) is 24.1. The summed E-state index contributed by atoms with van der Waals surface area (Å²) in [6, 6.07) is 11.8. The summed E-state index contributed by atoms with van der Waals surface area (Å²) in [7, 11) is 2.66. The second-order valence-corrected chi connectivity index (χ2v) is 7.89. The van der Waals surface area contributed by atoms with Gasteiger partial charge in [-0.2, -0.15) is 0 Å². The summed E-state index contributed by atoms with van der Waals surface area (Å²) in [5.74, 6) is 4.03. The lowest BCUT2D eigenvalue weighted by Gasteiger charge is -2.25. The van der Waals surface area contributed by atoms with Crippen molar-refractivity contribution in [2.24, 2.45) is 0 Å². The van der Waals surface area contributed by atoms with Gasteiger partial charge in [-0.1, -0.05) is 24.8 Å². The molecule has 0 saturated heterocycles. The van der Waals surface area contributed by atoms with Gasteiger partial charge in [-0.15, -0.1) is 0 Å². The minimum Gasteiger partial charge on any atom is -0.357 e. The van der Waals surface area contributed by atoms with Gasteiger partial charge in [0.15, 0.2) is 6.04 Å². The normalized spacial score (nSPS) is 15.6. The van der Waals surface area contributed by atoms with Crippen molar-refractivity contribution in [3.8, 4) is 11.8 Å². The molecule has 2 atom stereocenters. The molecule has 1 aliphatic rings. The van der Waals surface area contributed by atoms with Gasteiger partial charge in [0.05, 0.1) is 0 Å². The van der Waals surface area contributed by atoms with Gasteiger partial charge in [0, 0.05) is 43.4 Å². The fraction of sp³-hybridized carbons (Fsp3) is 0.320. The summed E-state index contributed by atoms with van der Waals surface area (Å²) in [6.45, 7) is 6.31. The number of benzene rings is 2. The zero-order valence-electron chi connectivity index (χ0n) is 19.2. The van der Waals surface area contributed by atoms with E-state index in [4.69, 9.17) is 5.21 Å². The van der Waals surface area contributed by atoms with Crippen LogP contribution in [0.2, 0.25) is 0 Å². The standard InChI is InChI=1S/C25H28N4O4/c1-5-29-15-20-14-18(10-13-21(20)16(29)2)7-6-17-8-11-19(12-9-17)25(32)28(4)22(23(30)26-3)24(31)27-33/h8-14,16,22,33H,5,15H2,1-4H3,(H,26,30)(H,27,31)/t16-,22?/m1/s1. The summed E-state index contributed by atoms with van der Waals surface area (Å²) in [5.41, 5.74) is 6.02. The van der Waals surface area contributed by atoms with Crippen LogP contribution < -0.4 is 10.8 Å². The number of hydroxylamine groups is 1. The molecule has 0 fully saturated rings. The van der Waals surface area contributed by atoms with Crippen LogP contribution >= 0.6 is 0 Å². The highest BCUT2D eigenvalue weighted by molar-refractivity contribution is 6.08. The number of nitrogens with zero attached hydrogens (tertiary/aromatic N) is 2. The molecule has 2 aromatic rings. The first-order chi connectivity index (χ1) is 15.8. The first kappa shape index (κ1) is 24.0. The fourth-order valence-corrected chi connectivity index (χ4v) is 4.00. The molecule has 8 heteroatoms. The lowest BCUT2D eigenvalue weighted by molar-refractivity contribution is -0.140. The van der Waals surface area contributed by atoms with Crippen LogP contribution in [0.3, 0.4) is 0 Å². The second-order valence-electron chi connectivity index (χ2n) is 7.89. The van der Waals surface area contributed by atoms with Crippen LogP contribution in [0.15, 0.2) is 42.5 Å². The molecule has 1 heterocycles. The third-order valence-corrected chi connectivity index (χ3v) is 5.96. The number of carbonyl (C=O) groups is 3. The number of fused-ring (bicyclic) bond motifs is 1. The van der Waals surface area contributed by atoms with Crippen LogP contribution in [0, 0.1) is 11.8 Å². The number of nitrogens with one attached hydrogen (secondary N) is 2. The highest BCUT2D eigenvalue weighted by Crippen LogP contribution is 2.33. The SMILES string of the molecule is CCN1Cc2cc(C#Cc3ccc(C(=O)N(C)C(C(=O)NC)C(=O)NO)cc3)ccc2[C@H]1C. The average molecular weight is 449 g/mol. The van der Waals surface area contributed by atoms with Crippen molar-refractivity contribution < 1.29 is 19.6 Å².